The number of nitrogens with two attached hydrogens (primary N) is 1. The molecular weight excluding hydrogens is 909 g/mol. The van der Waals surface area contributed by atoms with Crippen LogP contribution in [0.1, 0.15) is 114 Å². The molecule has 7 N–H and O–H groups in total. The van der Waals surface area contributed by atoms with Crippen molar-refractivity contribution in [1.82, 2.24) is 4.90 Å². The second-order valence-corrected chi connectivity index (χ2v) is 21.3. The van der Waals surface area contributed by atoms with Gasteiger partial charge in [-0.2, -0.15) is 0 Å². The van der Waals surface area contributed by atoms with Crippen LogP contribution in [0.3, 0.4) is 0 Å². The Morgan fingerprint density at radius 2 is 1.66 bits per heavy atom. The summed E-state index contributed by atoms with van der Waals surface area (Å²) in [6.07, 6.45) is 2.68. The maximum atomic E-state index is 15.8. The molecule has 4 aliphatic carbocycles. The number of aliphatic hydroxyl groups is 5. The molecule has 0 radical (unpaired) electrons. The average Bonchev–Trinajstić information content (AvgIpc) is 3.63. The van der Waals surface area contributed by atoms with E-state index >= 15 is 9.59 Å². The molecule has 4 fully saturated rings. The minimum atomic E-state index is -2.34. The Balaban J connectivity index is 1.44. The quantitative estimate of drug-likeness (QED) is 0.0754. The number of esters is 1. The number of allylic oxidation sites excluding steroid dienone is 5. The SMILES string of the molecule is COC(=O)/C(C)=C\CC1(O)C(=O)C2CC(C(C)C)C13Oc1c(CC=C(C)C)c4c(c(O[C@H]5O[C@@H](CO)[C@H](O)[C@@H](O)[C@@H]5O)c1C1=C3C2C2=C(c3ccccc3C2=O)N1CCN)C=CC(C)(CCC=C(C)C)O4. The number of ketones is 2. The summed E-state index contributed by atoms with van der Waals surface area (Å²) in [5.74, 6) is -3.37. The van der Waals surface area contributed by atoms with Crippen molar-refractivity contribution in [1.29, 1.82) is 0 Å². The fourth-order valence-electron chi connectivity index (χ4n) is 12.4. The van der Waals surface area contributed by atoms with Crippen LogP contribution in [0.4, 0.5) is 0 Å². The largest absolute Gasteiger partial charge is 0.482 e. The Bertz CT molecular complexity index is 2760. The highest BCUT2D eigenvalue weighted by Crippen LogP contribution is 2.71. The van der Waals surface area contributed by atoms with Gasteiger partial charge >= 0.3 is 5.97 Å². The first kappa shape index (κ1) is 50.5. The van der Waals surface area contributed by atoms with Crippen LogP contribution in [0.5, 0.6) is 17.2 Å². The molecule has 4 aliphatic heterocycles. The maximum absolute atomic E-state index is 15.8. The zero-order valence-corrected chi connectivity index (χ0v) is 42.1. The lowest BCUT2D eigenvalue weighted by molar-refractivity contribution is -0.277. The number of Topliss-reactive ketones (excluding diaryl/α,β-unsaturated/α-hetero) is 2. The monoisotopic (exact) mass is 976 g/mol. The number of carbonyl (C=O) groups is 3. The average molecular weight is 977 g/mol. The fraction of sp³-hybridized carbons (Fsp3) is 0.518. The van der Waals surface area contributed by atoms with E-state index in [9.17, 15) is 30.3 Å². The van der Waals surface area contributed by atoms with E-state index in [4.69, 9.17) is 29.4 Å². The first-order valence-electron chi connectivity index (χ1n) is 24.9. The highest BCUT2D eigenvalue weighted by molar-refractivity contribution is 6.23. The van der Waals surface area contributed by atoms with Gasteiger partial charge in [0.05, 0.1) is 36.2 Å². The van der Waals surface area contributed by atoms with Crippen LogP contribution in [-0.4, -0.2) is 122 Å². The molecular formula is C56H68N2O13. The molecule has 6 unspecified atom stereocenters. The number of carbonyl (C=O) groups excluding carboxylic acids is 3. The predicted octanol–water partition coefficient (Wildman–Crippen LogP) is 5.74. The van der Waals surface area contributed by atoms with Gasteiger partial charge in [-0.15, -0.1) is 0 Å². The van der Waals surface area contributed by atoms with E-state index < -0.39 is 83.6 Å². The van der Waals surface area contributed by atoms with Gasteiger partial charge in [-0.25, -0.2) is 4.79 Å². The van der Waals surface area contributed by atoms with Gasteiger partial charge in [-0.1, -0.05) is 67.5 Å². The number of ether oxygens (including phenoxy) is 5. The molecule has 15 nitrogen and oxygen atoms in total. The van der Waals surface area contributed by atoms with Crippen molar-refractivity contribution in [3.8, 4) is 17.2 Å². The molecule has 8 aliphatic rings. The van der Waals surface area contributed by atoms with Gasteiger partial charge in [0.25, 0.3) is 0 Å². The first-order chi connectivity index (χ1) is 33.7. The molecule has 0 amide bonds. The minimum absolute atomic E-state index is 0.0847. The lowest BCUT2D eigenvalue weighted by Crippen LogP contribution is -2.78. The highest BCUT2D eigenvalue weighted by atomic mass is 16.7. The summed E-state index contributed by atoms with van der Waals surface area (Å²) in [5.41, 5.74) is 8.16. The van der Waals surface area contributed by atoms with Crippen molar-refractivity contribution in [3.05, 3.63) is 104 Å². The van der Waals surface area contributed by atoms with Crippen molar-refractivity contribution in [2.45, 2.75) is 135 Å². The summed E-state index contributed by atoms with van der Waals surface area (Å²) in [7, 11) is 1.26. The van der Waals surface area contributed by atoms with Crippen LogP contribution in [0, 0.1) is 23.7 Å². The van der Waals surface area contributed by atoms with Crippen molar-refractivity contribution in [2.24, 2.45) is 29.4 Å². The fourth-order valence-corrected chi connectivity index (χ4v) is 12.4. The Morgan fingerprint density at radius 3 is 2.31 bits per heavy atom. The zero-order chi connectivity index (χ0) is 51.2. The number of hydrogen-bond acceptors (Lipinski definition) is 15. The molecule has 380 valence electrons. The third-order valence-corrected chi connectivity index (χ3v) is 15.8. The van der Waals surface area contributed by atoms with Gasteiger partial charge in [-0.3, -0.25) is 9.59 Å². The number of hydrogen-bond donors (Lipinski definition) is 6. The molecule has 15 heteroatoms. The van der Waals surface area contributed by atoms with Crippen molar-refractivity contribution in [3.63, 3.8) is 0 Å². The standard InChI is InChI=1S/C56H68N2O13/c1-27(2)13-12-20-54(8)21-19-34-48(70-54)33(17-16-28(3)4)50-40(49(34)69-53-47(63)46(62)45(61)37(26-59)68-53)43-41-38(39-42(58(43)24-23-57)31-14-10-11-15-32(31)44(39)60)35-25-36(29(5)6)56(41,71-50)55(66,51(35)64)22-18-30(7)52(65)67-9/h10-11,13-16,18-19,21,29,35-38,45-47,53,59,61-63,66H,12,17,20,22-26,57H2,1-9H3/b30-18-/t35?,36?,37-,38?,45-,46+,47-,53+,54?,55?,56?/m0/s1. The summed E-state index contributed by atoms with van der Waals surface area (Å²) in [6.45, 7) is 15.1. The van der Waals surface area contributed by atoms with E-state index in [2.05, 4.69) is 6.08 Å². The Labute approximate surface area is 414 Å². The summed E-state index contributed by atoms with van der Waals surface area (Å²) in [4.78, 5) is 45.9. The first-order valence-corrected chi connectivity index (χ1v) is 24.9. The molecule has 1 spiro atoms. The molecule has 0 aromatic heterocycles. The number of nitrogens with zero attached hydrogens (tertiary/aromatic N) is 1. The van der Waals surface area contributed by atoms with Crippen molar-refractivity contribution in [2.75, 3.05) is 26.8 Å². The Kier molecular flexibility index (Phi) is 13.2. The van der Waals surface area contributed by atoms with Gasteiger partial charge in [0.2, 0.25) is 6.29 Å². The predicted molar refractivity (Wildman–Crippen MR) is 265 cm³/mol. The van der Waals surface area contributed by atoms with Gasteiger partial charge in [0.1, 0.15) is 47.3 Å². The molecule has 4 heterocycles. The molecule has 3 saturated carbocycles. The lowest BCUT2D eigenvalue weighted by Gasteiger charge is -2.66. The van der Waals surface area contributed by atoms with Crippen LogP contribution in [0.15, 0.2) is 76.4 Å². The minimum Gasteiger partial charge on any atom is -0.482 e. The number of methoxy groups -OCH3 is 1. The van der Waals surface area contributed by atoms with Crippen molar-refractivity contribution >= 4 is 35.0 Å². The number of aliphatic hydroxyl groups excluding tert-OH is 4. The molecule has 71 heavy (non-hydrogen) atoms. The van der Waals surface area contributed by atoms with Gasteiger partial charge in [-0.05, 0) is 85.3 Å². The third kappa shape index (κ3) is 7.68. The molecule has 10 rings (SSSR count). The number of rotatable bonds is 14. The van der Waals surface area contributed by atoms with Gasteiger partial charge < -0.3 is 59.9 Å². The van der Waals surface area contributed by atoms with Crippen LogP contribution in [0.2, 0.25) is 0 Å². The topological polar surface area (TPSA) is 228 Å². The van der Waals surface area contributed by atoms with Gasteiger partial charge in [0.15, 0.2) is 22.8 Å². The van der Waals surface area contributed by atoms with Crippen molar-refractivity contribution < 1.29 is 63.6 Å². The third-order valence-electron chi connectivity index (χ3n) is 15.8. The van der Waals surface area contributed by atoms with Crippen LogP contribution < -0.4 is 19.9 Å². The summed E-state index contributed by atoms with van der Waals surface area (Å²) < 4.78 is 33.2. The maximum Gasteiger partial charge on any atom is 0.333 e. The number of benzene rings is 2. The summed E-state index contributed by atoms with van der Waals surface area (Å²) in [5, 5.41) is 58.0. The second-order valence-electron chi connectivity index (χ2n) is 21.3. The Hall–Kier alpha value is -5.39. The van der Waals surface area contributed by atoms with E-state index in [1.54, 1.807) is 19.1 Å². The van der Waals surface area contributed by atoms with E-state index in [-0.39, 0.29) is 61.1 Å². The highest BCUT2D eigenvalue weighted by Gasteiger charge is 2.77. The summed E-state index contributed by atoms with van der Waals surface area (Å²) >= 11 is 0. The number of fused-ring (bicyclic) bond motifs is 7. The Morgan fingerprint density at radius 1 is 0.958 bits per heavy atom. The van der Waals surface area contributed by atoms with E-state index in [0.29, 0.717) is 68.9 Å². The van der Waals surface area contributed by atoms with Gasteiger partial charge in [0, 0.05) is 70.7 Å². The molecule has 2 bridgehead atoms. The summed E-state index contributed by atoms with van der Waals surface area (Å²) in [6, 6.07) is 7.30. The van der Waals surface area contributed by atoms with E-state index in [1.165, 1.54) is 13.2 Å². The normalized spacial score (nSPS) is 32.1. The molecule has 1 saturated heterocycles. The van der Waals surface area contributed by atoms with E-state index in [0.717, 1.165) is 11.1 Å². The molecule has 2 aromatic rings. The molecule has 2 aromatic carbocycles. The smallest absolute Gasteiger partial charge is 0.333 e. The lowest BCUT2D eigenvalue weighted by atomic mass is 9.43. The second kappa shape index (κ2) is 18.6. The van der Waals surface area contributed by atoms with Crippen LogP contribution >= 0.6 is 0 Å². The van der Waals surface area contributed by atoms with E-state index in [1.807, 2.05) is 83.7 Å². The zero-order valence-electron chi connectivity index (χ0n) is 42.1. The van der Waals surface area contributed by atoms with Crippen LogP contribution in [-0.2, 0) is 25.5 Å². The van der Waals surface area contributed by atoms with Crippen LogP contribution in [0.25, 0.3) is 17.5 Å². The molecule has 11 atom stereocenters.